The third-order valence-electron chi connectivity index (χ3n) is 7.32. The molecule has 6 heteroatoms. The molecule has 2 bridgehead atoms. The number of fused-ring (bicyclic) bond motifs is 1. The molecule has 1 heterocycles. The maximum Gasteiger partial charge on any atom is 0.238 e. The lowest BCUT2D eigenvalue weighted by Crippen LogP contribution is -2.65. The van der Waals surface area contributed by atoms with Gasteiger partial charge in [0.1, 0.15) is 6.10 Å². The van der Waals surface area contributed by atoms with Crippen molar-refractivity contribution in [2.75, 3.05) is 21.3 Å². The fourth-order valence-electron chi connectivity index (χ4n) is 5.96. The molecule has 1 saturated heterocycles. The van der Waals surface area contributed by atoms with Gasteiger partial charge in [0, 0.05) is 39.6 Å². The van der Waals surface area contributed by atoms with Crippen molar-refractivity contribution in [2.24, 2.45) is 23.7 Å². The van der Waals surface area contributed by atoms with Crippen molar-refractivity contribution in [3.63, 3.8) is 0 Å². The summed E-state index contributed by atoms with van der Waals surface area (Å²) < 4.78 is 30.6. The van der Waals surface area contributed by atoms with Crippen LogP contribution in [0.15, 0.2) is 42.0 Å². The maximum absolute atomic E-state index is 13.4. The zero-order valence-corrected chi connectivity index (χ0v) is 19.3. The van der Waals surface area contributed by atoms with Gasteiger partial charge in [0.15, 0.2) is 11.6 Å². The molecule has 4 aliphatic rings. The van der Waals surface area contributed by atoms with Gasteiger partial charge in [0.2, 0.25) is 5.79 Å². The monoisotopic (exact) mass is 430 g/mol. The maximum atomic E-state index is 13.4. The van der Waals surface area contributed by atoms with Crippen LogP contribution in [0.5, 0.6) is 0 Å². The van der Waals surface area contributed by atoms with Crippen molar-refractivity contribution in [1.29, 1.82) is 0 Å². The van der Waals surface area contributed by atoms with E-state index in [-0.39, 0.29) is 41.7 Å². The van der Waals surface area contributed by atoms with Crippen LogP contribution in [-0.2, 0) is 35.1 Å². The number of methoxy groups -OCH3 is 3. The Morgan fingerprint density at radius 3 is 2.35 bits per heavy atom. The van der Waals surface area contributed by atoms with Crippen LogP contribution in [0.25, 0.3) is 0 Å². The van der Waals surface area contributed by atoms with Crippen molar-refractivity contribution < 1.29 is 28.5 Å². The number of allylic oxidation sites excluding steroid dienone is 1. The number of rotatable bonds is 8. The molecule has 5 rings (SSSR count). The molecule has 0 unspecified atom stereocenters. The third-order valence-corrected chi connectivity index (χ3v) is 7.32. The molecule has 2 fully saturated rings. The van der Waals surface area contributed by atoms with E-state index in [1.54, 1.807) is 7.11 Å². The fourth-order valence-corrected chi connectivity index (χ4v) is 5.96. The van der Waals surface area contributed by atoms with Gasteiger partial charge in [0.05, 0.1) is 18.6 Å². The molecule has 0 radical (unpaired) electrons. The highest BCUT2D eigenvalue weighted by Gasteiger charge is 2.69. The van der Waals surface area contributed by atoms with Gasteiger partial charge >= 0.3 is 0 Å². The Balaban J connectivity index is 1.65. The average molecular weight is 431 g/mol. The standard InChI is InChI=1S/C25H34O6/c1-15(2)23(30-14-17-10-8-7-9-11-17)24(27-4)13-19-18-12-16(3)20(21(19)31-24)25(28-5,29-6)22(18)26/h7-12,15,18-21,23H,13-14H2,1-6H3/t18-,19+,20+,21+,23+,24-/m0/s1. The lowest BCUT2D eigenvalue weighted by molar-refractivity contribution is -0.305. The van der Waals surface area contributed by atoms with E-state index in [0.717, 1.165) is 11.1 Å². The minimum atomic E-state index is -1.31. The first-order chi connectivity index (χ1) is 14.8. The van der Waals surface area contributed by atoms with Crippen LogP contribution in [-0.4, -0.2) is 50.9 Å². The largest absolute Gasteiger partial charge is 0.368 e. The molecule has 1 saturated carbocycles. The van der Waals surface area contributed by atoms with E-state index in [0.29, 0.717) is 13.0 Å². The Morgan fingerprint density at radius 1 is 1.10 bits per heavy atom. The summed E-state index contributed by atoms with van der Waals surface area (Å²) in [6.07, 6.45) is 2.12. The molecule has 6 atom stereocenters. The topological polar surface area (TPSA) is 63.2 Å². The summed E-state index contributed by atoms with van der Waals surface area (Å²) in [5, 5.41) is 0. The first-order valence-electron chi connectivity index (χ1n) is 11.0. The Labute approximate surface area is 184 Å². The molecule has 0 spiro atoms. The van der Waals surface area contributed by atoms with Gasteiger partial charge in [0.25, 0.3) is 0 Å². The van der Waals surface area contributed by atoms with Crippen molar-refractivity contribution >= 4 is 5.78 Å². The van der Waals surface area contributed by atoms with E-state index in [1.165, 1.54) is 14.2 Å². The second-order valence-electron chi connectivity index (χ2n) is 9.28. The summed E-state index contributed by atoms with van der Waals surface area (Å²) >= 11 is 0. The second kappa shape index (κ2) is 8.41. The van der Waals surface area contributed by atoms with Crippen LogP contribution < -0.4 is 0 Å². The molecular formula is C25H34O6. The molecule has 1 aliphatic heterocycles. The normalized spacial score (nSPS) is 34.7. The van der Waals surface area contributed by atoms with Crippen LogP contribution in [0, 0.1) is 23.7 Å². The summed E-state index contributed by atoms with van der Waals surface area (Å²) in [4.78, 5) is 13.4. The molecule has 6 nitrogen and oxygen atoms in total. The van der Waals surface area contributed by atoms with Crippen LogP contribution in [0.3, 0.4) is 0 Å². The SMILES string of the molecule is COC1(OC)C(=O)[C@H]2C=C(C)[C@@H]1[C@@H]1O[C@](OC)([C@H](OCc3ccccc3)C(C)C)C[C@@H]12. The number of carbonyl (C=O) groups excluding carboxylic acids is 1. The highest BCUT2D eigenvalue weighted by atomic mass is 16.7. The molecule has 1 aromatic carbocycles. The Morgan fingerprint density at radius 2 is 1.77 bits per heavy atom. The summed E-state index contributed by atoms with van der Waals surface area (Å²) in [7, 11) is 4.73. The summed E-state index contributed by atoms with van der Waals surface area (Å²) in [5.74, 6) is -2.77. The van der Waals surface area contributed by atoms with E-state index < -0.39 is 11.6 Å². The predicted molar refractivity (Wildman–Crippen MR) is 115 cm³/mol. The number of hydrogen-bond acceptors (Lipinski definition) is 6. The Bertz CT molecular complexity index is 830. The minimum Gasteiger partial charge on any atom is -0.368 e. The van der Waals surface area contributed by atoms with Gasteiger partial charge in [-0.25, -0.2) is 0 Å². The van der Waals surface area contributed by atoms with Crippen LogP contribution in [0.4, 0.5) is 0 Å². The second-order valence-corrected chi connectivity index (χ2v) is 9.28. The van der Waals surface area contributed by atoms with Crippen molar-refractivity contribution in [2.45, 2.75) is 57.6 Å². The molecule has 0 N–H and O–H groups in total. The number of Topliss-reactive ketones (excluding diaryl/α,β-unsaturated/α-hetero) is 1. The van der Waals surface area contributed by atoms with Crippen LogP contribution >= 0.6 is 0 Å². The number of benzene rings is 1. The van der Waals surface area contributed by atoms with E-state index in [4.69, 9.17) is 23.7 Å². The van der Waals surface area contributed by atoms with Crippen LogP contribution in [0.2, 0.25) is 0 Å². The van der Waals surface area contributed by atoms with E-state index in [2.05, 4.69) is 19.9 Å². The smallest absolute Gasteiger partial charge is 0.238 e. The lowest BCUT2D eigenvalue weighted by atomic mass is 9.59. The zero-order chi connectivity index (χ0) is 22.4. The average Bonchev–Trinajstić information content (AvgIpc) is 3.17. The molecule has 1 aromatic rings. The minimum absolute atomic E-state index is 0.00107. The first-order valence-corrected chi connectivity index (χ1v) is 11.0. The highest BCUT2D eigenvalue weighted by molar-refractivity contribution is 5.93. The van der Waals surface area contributed by atoms with Gasteiger partial charge in [-0.1, -0.05) is 55.8 Å². The first kappa shape index (κ1) is 22.6. The van der Waals surface area contributed by atoms with Crippen molar-refractivity contribution in [1.82, 2.24) is 0 Å². The number of ketones is 1. The molecule has 0 aromatic heterocycles. The van der Waals surface area contributed by atoms with Crippen LogP contribution in [0.1, 0.15) is 32.8 Å². The molecule has 0 amide bonds. The summed E-state index contributed by atoms with van der Waals surface area (Å²) in [6, 6.07) is 10.1. The third kappa shape index (κ3) is 3.40. The number of carbonyl (C=O) groups is 1. The molecule has 3 aliphatic carbocycles. The van der Waals surface area contributed by atoms with E-state index >= 15 is 0 Å². The fraction of sp³-hybridized carbons (Fsp3) is 0.640. The Hall–Kier alpha value is -1.57. The predicted octanol–water partition coefficient (Wildman–Crippen LogP) is 3.74. The highest BCUT2D eigenvalue weighted by Crippen LogP contribution is 2.58. The molecule has 31 heavy (non-hydrogen) atoms. The molecular weight excluding hydrogens is 396 g/mol. The van der Waals surface area contributed by atoms with Gasteiger partial charge in [-0.05, 0) is 18.4 Å². The van der Waals surface area contributed by atoms with Gasteiger partial charge in [-0.3, -0.25) is 4.79 Å². The Kier molecular flexibility index (Phi) is 6.14. The van der Waals surface area contributed by atoms with Crippen molar-refractivity contribution in [3.05, 3.63) is 47.5 Å². The van der Waals surface area contributed by atoms with Crippen molar-refractivity contribution in [3.8, 4) is 0 Å². The van der Waals surface area contributed by atoms with Gasteiger partial charge < -0.3 is 23.7 Å². The summed E-state index contributed by atoms with van der Waals surface area (Å²) in [5.41, 5.74) is 2.16. The quantitative estimate of drug-likeness (QED) is 0.463. The van der Waals surface area contributed by atoms with E-state index in [9.17, 15) is 4.79 Å². The number of ether oxygens (including phenoxy) is 5. The van der Waals surface area contributed by atoms with Gasteiger partial charge in [-0.2, -0.15) is 0 Å². The molecule has 170 valence electrons. The zero-order valence-electron chi connectivity index (χ0n) is 19.3. The number of hydrogen-bond donors (Lipinski definition) is 0. The van der Waals surface area contributed by atoms with Gasteiger partial charge in [-0.15, -0.1) is 0 Å². The lowest BCUT2D eigenvalue weighted by Gasteiger charge is -2.51. The van der Waals surface area contributed by atoms with E-state index in [1.807, 2.05) is 37.3 Å². The summed E-state index contributed by atoms with van der Waals surface area (Å²) in [6.45, 7) is 6.71.